The standard InChI is InChI=1S/C17H28N2/c1-14-10-15(18-13-17(2,3)4)12-19(11-14)16-8-6-5-7-9-16/h5-9,14-15,18H,10-13H2,1-4H3. The zero-order valence-corrected chi connectivity index (χ0v) is 12.8. The van der Waals surface area contributed by atoms with Gasteiger partial charge < -0.3 is 10.2 Å². The molecule has 2 heteroatoms. The molecule has 0 spiro atoms. The molecule has 2 nitrogen and oxygen atoms in total. The van der Waals surface area contributed by atoms with Crippen LogP contribution in [-0.2, 0) is 0 Å². The van der Waals surface area contributed by atoms with Crippen molar-refractivity contribution in [1.82, 2.24) is 5.32 Å². The second-order valence-corrected chi connectivity index (χ2v) is 7.22. The van der Waals surface area contributed by atoms with Crippen LogP contribution in [0, 0.1) is 11.3 Å². The molecule has 0 saturated carbocycles. The number of hydrogen-bond donors (Lipinski definition) is 1. The molecule has 19 heavy (non-hydrogen) atoms. The maximum absolute atomic E-state index is 3.75. The number of hydrogen-bond acceptors (Lipinski definition) is 2. The van der Waals surface area contributed by atoms with E-state index in [0.29, 0.717) is 11.5 Å². The van der Waals surface area contributed by atoms with Crippen LogP contribution < -0.4 is 10.2 Å². The van der Waals surface area contributed by atoms with Crippen LogP contribution in [0.5, 0.6) is 0 Å². The SMILES string of the molecule is CC1CC(NCC(C)(C)C)CN(c2ccccc2)C1. The third-order valence-corrected chi connectivity index (χ3v) is 3.70. The third kappa shape index (κ3) is 4.54. The maximum Gasteiger partial charge on any atom is 0.0366 e. The van der Waals surface area contributed by atoms with Crippen molar-refractivity contribution in [3.05, 3.63) is 30.3 Å². The molecule has 106 valence electrons. The summed E-state index contributed by atoms with van der Waals surface area (Å²) in [6.45, 7) is 12.6. The Morgan fingerprint density at radius 3 is 2.47 bits per heavy atom. The van der Waals surface area contributed by atoms with Crippen molar-refractivity contribution in [1.29, 1.82) is 0 Å². The summed E-state index contributed by atoms with van der Waals surface area (Å²) in [6, 6.07) is 11.4. The number of benzene rings is 1. The Morgan fingerprint density at radius 1 is 1.16 bits per heavy atom. The molecule has 1 aromatic carbocycles. The molecule has 0 bridgehead atoms. The minimum Gasteiger partial charge on any atom is -0.370 e. The Balaban J connectivity index is 1.96. The highest BCUT2D eigenvalue weighted by Gasteiger charge is 2.25. The maximum atomic E-state index is 3.75. The Bertz CT molecular complexity index is 380. The lowest BCUT2D eigenvalue weighted by Gasteiger charge is -2.39. The average molecular weight is 260 g/mol. The van der Waals surface area contributed by atoms with Gasteiger partial charge in [0.05, 0.1) is 0 Å². The van der Waals surface area contributed by atoms with Crippen molar-refractivity contribution in [3.63, 3.8) is 0 Å². The molecule has 0 aromatic heterocycles. The smallest absolute Gasteiger partial charge is 0.0366 e. The molecule has 0 radical (unpaired) electrons. The van der Waals surface area contributed by atoms with Gasteiger partial charge in [0.2, 0.25) is 0 Å². The fourth-order valence-corrected chi connectivity index (χ4v) is 2.80. The summed E-state index contributed by atoms with van der Waals surface area (Å²) in [7, 11) is 0. The van der Waals surface area contributed by atoms with Gasteiger partial charge in [0.25, 0.3) is 0 Å². The monoisotopic (exact) mass is 260 g/mol. The van der Waals surface area contributed by atoms with E-state index in [1.54, 1.807) is 0 Å². The van der Waals surface area contributed by atoms with Gasteiger partial charge in [-0.3, -0.25) is 0 Å². The number of anilines is 1. The van der Waals surface area contributed by atoms with Crippen LogP contribution >= 0.6 is 0 Å². The highest BCUT2D eigenvalue weighted by Crippen LogP contribution is 2.23. The van der Waals surface area contributed by atoms with Gasteiger partial charge >= 0.3 is 0 Å². The highest BCUT2D eigenvalue weighted by molar-refractivity contribution is 5.46. The molecule has 2 rings (SSSR count). The number of nitrogens with one attached hydrogen (secondary N) is 1. The van der Waals surface area contributed by atoms with Crippen LogP contribution in [-0.4, -0.2) is 25.7 Å². The molecule has 2 atom stereocenters. The van der Waals surface area contributed by atoms with Gasteiger partial charge in [-0.2, -0.15) is 0 Å². The second-order valence-electron chi connectivity index (χ2n) is 7.22. The molecule has 1 heterocycles. The van der Waals surface area contributed by atoms with Crippen molar-refractivity contribution in [2.75, 3.05) is 24.5 Å². The molecule has 1 aromatic rings. The van der Waals surface area contributed by atoms with E-state index < -0.39 is 0 Å². The van der Waals surface area contributed by atoms with Crippen molar-refractivity contribution >= 4 is 5.69 Å². The number of nitrogens with zero attached hydrogens (tertiary/aromatic N) is 1. The van der Waals surface area contributed by atoms with E-state index in [9.17, 15) is 0 Å². The molecule has 0 amide bonds. The Kier molecular flexibility index (Phi) is 4.51. The largest absolute Gasteiger partial charge is 0.370 e. The summed E-state index contributed by atoms with van der Waals surface area (Å²) < 4.78 is 0. The van der Waals surface area contributed by atoms with Gasteiger partial charge in [-0.15, -0.1) is 0 Å². The van der Waals surface area contributed by atoms with E-state index >= 15 is 0 Å². The molecule has 1 aliphatic heterocycles. The van der Waals surface area contributed by atoms with E-state index in [4.69, 9.17) is 0 Å². The van der Waals surface area contributed by atoms with Crippen LogP contribution in [0.25, 0.3) is 0 Å². The highest BCUT2D eigenvalue weighted by atomic mass is 15.2. The average Bonchev–Trinajstić information content (AvgIpc) is 2.36. The first-order valence-electron chi connectivity index (χ1n) is 7.47. The van der Waals surface area contributed by atoms with Gasteiger partial charge in [-0.1, -0.05) is 45.9 Å². The van der Waals surface area contributed by atoms with Crippen molar-refractivity contribution in [3.8, 4) is 0 Å². The predicted molar refractivity (Wildman–Crippen MR) is 83.7 cm³/mol. The summed E-state index contributed by atoms with van der Waals surface area (Å²) in [6.07, 6.45) is 1.29. The molecule has 1 saturated heterocycles. The van der Waals surface area contributed by atoms with Crippen LogP contribution in [0.4, 0.5) is 5.69 Å². The van der Waals surface area contributed by atoms with Gasteiger partial charge in [0.15, 0.2) is 0 Å². The van der Waals surface area contributed by atoms with Gasteiger partial charge in [-0.25, -0.2) is 0 Å². The zero-order valence-electron chi connectivity index (χ0n) is 12.8. The first-order chi connectivity index (χ1) is 8.94. The summed E-state index contributed by atoms with van der Waals surface area (Å²) in [5.74, 6) is 0.756. The van der Waals surface area contributed by atoms with Crippen LogP contribution in [0.3, 0.4) is 0 Å². The first kappa shape index (κ1) is 14.4. The first-order valence-corrected chi connectivity index (χ1v) is 7.47. The third-order valence-electron chi connectivity index (χ3n) is 3.70. The Morgan fingerprint density at radius 2 is 1.84 bits per heavy atom. The summed E-state index contributed by atoms with van der Waals surface area (Å²) in [4.78, 5) is 2.52. The van der Waals surface area contributed by atoms with Gasteiger partial charge in [0.1, 0.15) is 0 Å². The second kappa shape index (κ2) is 5.96. The predicted octanol–water partition coefficient (Wildman–Crippen LogP) is 3.54. The normalized spacial score (nSPS) is 24.5. The molecule has 1 fully saturated rings. The molecular weight excluding hydrogens is 232 g/mol. The van der Waals surface area contributed by atoms with Crippen LogP contribution in [0.15, 0.2) is 30.3 Å². The van der Waals surface area contributed by atoms with Gasteiger partial charge in [0, 0.05) is 31.4 Å². The van der Waals surface area contributed by atoms with E-state index in [-0.39, 0.29) is 0 Å². The minimum atomic E-state index is 0.359. The van der Waals surface area contributed by atoms with Crippen molar-refractivity contribution < 1.29 is 0 Å². The number of piperidine rings is 1. The van der Waals surface area contributed by atoms with Crippen molar-refractivity contribution in [2.24, 2.45) is 11.3 Å². The summed E-state index contributed by atoms with van der Waals surface area (Å²) in [5, 5.41) is 3.75. The molecule has 2 unspecified atom stereocenters. The summed E-state index contributed by atoms with van der Waals surface area (Å²) in [5.41, 5.74) is 1.72. The lowest BCUT2D eigenvalue weighted by atomic mass is 9.92. The van der Waals surface area contributed by atoms with Crippen LogP contribution in [0.2, 0.25) is 0 Å². The lowest BCUT2D eigenvalue weighted by Crippen LogP contribution is -2.50. The topological polar surface area (TPSA) is 15.3 Å². The molecule has 1 N–H and O–H groups in total. The fourth-order valence-electron chi connectivity index (χ4n) is 2.80. The lowest BCUT2D eigenvalue weighted by molar-refractivity contribution is 0.300. The summed E-state index contributed by atoms with van der Waals surface area (Å²) >= 11 is 0. The Hall–Kier alpha value is -1.02. The van der Waals surface area contributed by atoms with Crippen molar-refractivity contribution in [2.45, 2.75) is 40.2 Å². The van der Waals surface area contributed by atoms with E-state index in [1.807, 2.05) is 0 Å². The van der Waals surface area contributed by atoms with Crippen LogP contribution in [0.1, 0.15) is 34.1 Å². The molecular formula is C17H28N2. The number of para-hydroxylation sites is 1. The van der Waals surface area contributed by atoms with Gasteiger partial charge in [-0.05, 0) is 29.9 Å². The zero-order chi connectivity index (χ0) is 13.9. The van der Waals surface area contributed by atoms with E-state index in [1.165, 1.54) is 18.7 Å². The van der Waals surface area contributed by atoms with E-state index in [2.05, 4.69) is 68.2 Å². The minimum absolute atomic E-state index is 0.359. The molecule has 0 aliphatic carbocycles. The van der Waals surface area contributed by atoms with E-state index in [0.717, 1.165) is 19.0 Å². The molecule has 1 aliphatic rings. The quantitative estimate of drug-likeness (QED) is 0.894. The fraction of sp³-hybridized carbons (Fsp3) is 0.647. The Labute approximate surface area is 118 Å². The number of rotatable bonds is 3.